The van der Waals surface area contributed by atoms with Crippen molar-refractivity contribution < 1.29 is 19.4 Å². The number of carboxylic acid groups (broad SMARTS) is 1. The summed E-state index contributed by atoms with van der Waals surface area (Å²) in [5.74, 6) is 5.37. The quantitative estimate of drug-likeness (QED) is 0.494. The molecule has 0 spiro atoms. The molecule has 2 heterocycles. The number of allylic oxidation sites excluding steroid dienone is 1. The Labute approximate surface area is 211 Å². The van der Waals surface area contributed by atoms with Crippen LogP contribution in [0.1, 0.15) is 74.9 Å². The molecule has 2 aromatic rings. The van der Waals surface area contributed by atoms with Crippen LogP contribution in [0.25, 0.3) is 0 Å². The zero-order valence-electron chi connectivity index (χ0n) is 21.6. The van der Waals surface area contributed by atoms with E-state index in [-0.39, 0.29) is 30.4 Å². The number of H-pyrrole nitrogens is 1. The molecular weight excluding hydrogens is 456 g/mol. The SMILES string of the molecule is Cc1cc(C#CCCC(=O)CC(C)(C)C(=O)O)cc(C2(C(C)C)C(C#N)=C(N)Oc3n[nH]c(C)c32)c1. The first kappa shape index (κ1) is 26.6. The summed E-state index contributed by atoms with van der Waals surface area (Å²) in [5, 5.41) is 26.6. The first-order chi connectivity index (χ1) is 16.8. The number of ether oxygens (including phenoxy) is 1. The van der Waals surface area contributed by atoms with Crippen molar-refractivity contribution in [2.75, 3.05) is 0 Å². The van der Waals surface area contributed by atoms with Gasteiger partial charge < -0.3 is 15.6 Å². The van der Waals surface area contributed by atoms with Gasteiger partial charge in [-0.1, -0.05) is 31.8 Å². The summed E-state index contributed by atoms with van der Waals surface area (Å²) in [6, 6.07) is 8.20. The largest absolute Gasteiger partial charge is 0.481 e. The maximum absolute atomic E-state index is 12.2. The average Bonchev–Trinajstić information content (AvgIpc) is 3.15. The molecule has 3 rings (SSSR count). The van der Waals surface area contributed by atoms with Gasteiger partial charge in [0.2, 0.25) is 11.8 Å². The highest BCUT2D eigenvalue weighted by Gasteiger charge is 2.50. The van der Waals surface area contributed by atoms with Crippen molar-refractivity contribution in [1.29, 1.82) is 5.26 Å². The predicted octanol–water partition coefficient (Wildman–Crippen LogP) is 4.26. The van der Waals surface area contributed by atoms with Gasteiger partial charge in [0.25, 0.3) is 0 Å². The van der Waals surface area contributed by atoms with E-state index in [2.05, 4.69) is 28.1 Å². The summed E-state index contributed by atoms with van der Waals surface area (Å²) in [6.07, 6.45) is 0.474. The number of hydrogen-bond donors (Lipinski definition) is 3. The number of aryl methyl sites for hydroxylation is 2. The highest BCUT2D eigenvalue weighted by molar-refractivity contribution is 5.85. The minimum Gasteiger partial charge on any atom is -0.481 e. The number of carboxylic acids is 1. The lowest BCUT2D eigenvalue weighted by atomic mass is 9.61. The van der Waals surface area contributed by atoms with Gasteiger partial charge in [0, 0.05) is 30.5 Å². The second kappa shape index (κ2) is 9.91. The van der Waals surface area contributed by atoms with E-state index in [1.54, 1.807) is 0 Å². The summed E-state index contributed by atoms with van der Waals surface area (Å²) >= 11 is 0. The van der Waals surface area contributed by atoms with Gasteiger partial charge in [0.15, 0.2) is 0 Å². The van der Waals surface area contributed by atoms with E-state index in [0.717, 1.165) is 27.9 Å². The molecule has 8 nitrogen and oxygen atoms in total. The Bertz CT molecular complexity index is 1350. The number of nitrogens with zero attached hydrogens (tertiary/aromatic N) is 2. The van der Waals surface area contributed by atoms with Crippen LogP contribution in [0.2, 0.25) is 0 Å². The zero-order valence-corrected chi connectivity index (χ0v) is 21.6. The van der Waals surface area contributed by atoms with Crippen LogP contribution in [0.3, 0.4) is 0 Å². The highest BCUT2D eigenvalue weighted by atomic mass is 16.5. The van der Waals surface area contributed by atoms with Crippen LogP contribution in [0, 0.1) is 48.4 Å². The third kappa shape index (κ3) is 4.72. The normalized spacial score (nSPS) is 17.1. The first-order valence-corrected chi connectivity index (χ1v) is 11.8. The number of fused-ring (bicyclic) bond motifs is 1. The lowest BCUT2D eigenvalue weighted by molar-refractivity contribution is -0.149. The molecule has 0 amide bonds. The summed E-state index contributed by atoms with van der Waals surface area (Å²) < 4.78 is 5.69. The Morgan fingerprint density at radius 1 is 1.28 bits per heavy atom. The van der Waals surface area contributed by atoms with Crippen LogP contribution in [0.4, 0.5) is 0 Å². The number of aliphatic carboxylic acids is 1. The van der Waals surface area contributed by atoms with Crippen LogP contribution in [0.15, 0.2) is 29.7 Å². The second-order valence-electron chi connectivity index (χ2n) is 10.2. The zero-order chi connectivity index (χ0) is 26.8. The van der Waals surface area contributed by atoms with Crippen molar-refractivity contribution in [3.8, 4) is 23.8 Å². The molecule has 4 N–H and O–H groups in total. The maximum atomic E-state index is 12.2. The Morgan fingerprint density at radius 2 is 1.97 bits per heavy atom. The Hall–Kier alpha value is -4.04. The lowest BCUT2D eigenvalue weighted by Gasteiger charge is -2.41. The van der Waals surface area contributed by atoms with Crippen LogP contribution in [-0.4, -0.2) is 27.1 Å². The molecule has 0 bridgehead atoms. The van der Waals surface area contributed by atoms with E-state index in [4.69, 9.17) is 10.5 Å². The van der Waals surface area contributed by atoms with Crippen molar-refractivity contribution in [3.63, 3.8) is 0 Å². The van der Waals surface area contributed by atoms with Gasteiger partial charge in [-0.2, -0.15) is 5.26 Å². The summed E-state index contributed by atoms with van der Waals surface area (Å²) in [7, 11) is 0. The van der Waals surface area contributed by atoms with E-state index < -0.39 is 16.8 Å². The molecule has 8 heteroatoms. The molecule has 1 aromatic heterocycles. The van der Waals surface area contributed by atoms with Gasteiger partial charge >= 0.3 is 5.97 Å². The van der Waals surface area contributed by atoms with Gasteiger partial charge in [-0.3, -0.25) is 14.7 Å². The molecule has 1 aliphatic rings. The molecule has 1 aliphatic heterocycles. The lowest BCUT2D eigenvalue weighted by Crippen LogP contribution is -2.41. The molecule has 1 atom stereocenters. The number of aromatic nitrogens is 2. The van der Waals surface area contributed by atoms with Crippen LogP contribution < -0.4 is 10.5 Å². The number of aromatic amines is 1. The number of nitrogens with two attached hydrogens (primary N) is 1. The van der Waals surface area contributed by atoms with Gasteiger partial charge in [-0.15, -0.1) is 5.10 Å². The van der Waals surface area contributed by atoms with Crippen molar-refractivity contribution in [1.82, 2.24) is 10.2 Å². The fourth-order valence-corrected chi connectivity index (χ4v) is 4.87. The first-order valence-electron chi connectivity index (χ1n) is 11.8. The van der Waals surface area contributed by atoms with Gasteiger partial charge in [0.05, 0.1) is 16.4 Å². The Kier molecular flexibility index (Phi) is 7.31. The summed E-state index contributed by atoms with van der Waals surface area (Å²) in [5.41, 5.74) is 8.68. The molecule has 0 radical (unpaired) electrons. The van der Waals surface area contributed by atoms with Crippen molar-refractivity contribution in [2.45, 2.75) is 66.2 Å². The topological polar surface area (TPSA) is 142 Å². The standard InChI is InChI=1S/C28H32N4O4/c1-16(2)28(22(15-29)24(30)36-25-23(28)18(4)31-32-25)20-12-17(3)11-19(13-20)9-7-8-10-21(33)14-27(5,6)26(34)35/h11-13,16H,8,10,14,30H2,1-6H3,(H,31,32)(H,34,35). The monoisotopic (exact) mass is 488 g/mol. The third-order valence-corrected chi connectivity index (χ3v) is 6.65. The number of Topliss-reactive ketones (excluding diaryl/α,β-unsaturated/α-hetero) is 1. The van der Waals surface area contributed by atoms with Crippen LogP contribution >= 0.6 is 0 Å². The minimum atomic E-state index is -1.09. The number of carbonyl (C=O) groups excluding carboxylic acids is 1. The number of ketones is 1. The van der Waals surface area contributed by atoms with E-state index in [1.807, 2.05) is 45.9 Å². The Morgan fingerprint density at radius 3 is 2.58 bits per heavy atom. The predicted molar refractivity (Wildman–Crippen MR) is 135 cm³/mol. The van der Waals surface area contributed by atoms with E-state index in [9.17, 15) is 20.0 Å². The summed E-state index contributed by atoms with van der Waals surface area (Å²) in [6.45, 7) is 11.0. The van der Waals surface area contributed by atoms with Crippen LogP contribution in [-0.2, 0) is 15.0 Å². The fourth-order valence-electron chi connectivity index (χ4n) is 4.87. The number of benzene rings is 1. The molecule has 188 valence electrons. The molecule has 1 unspecified atom stereocenters. The van der Waals surface area contributed by atoms with E-state index in [0.29, 0.717) is 17.9 Å². The fraction of sp³-hybridized carbons (Fsp3) is 0.429. The van der Waals surface area contributed by atoms with Gasteiger partial charge in [-0.25, -0.2) is 0 Å². The summed E-state index contributed by atoms with van der Waals surface area (Å²) in [4.78, 5) is 23.5. The third-order valence-electron chi connectivity index (χ3n) is 6.65. The van der Waals surface area contributed by atoms with Crippen LogP contribution in [0.5, 0.6) is 5.88 Å². The van der Waals surface area contributed by atoms with E-state index >= 15 is 0 Å². The highest BCUT2D eigenvalue weighted by Crippen LogP contribution is 2.52. The number of nitrogens with one attached hydrogen (secondary N) is 1. The minimum absolute atomic E-state index is 0.0298. The number of rotatable bonds is 7. The molecule has 0 aliphatic carbocycles. The Balaban J connectivity index is 2.00. The van der Waals surface area contributed by atoms with Crippen molar-refractivity contribution in [2.24, 2.45) is 17.1 Å². The average molecular weight is 489 g/mol. The number of nitriles is 1. The molecule has 0 fully saturated rings. The number of carbonyl (C=O) groups is 2. The molecular formula is C28H32N4O4. The molecule has 0 saturated heterocycles. The smallest absolute Gasteiger partial charge is 0.309 e. The second-order valence-corrected chi connectivity index (χ2v) is 10.2. The molecule has 0 saturated carbocycles. The maximum Gasteiger partial charge on any atom is 0.309 e. The molecule has 36 heavy (non-hydrogen) atoms. The van der Waals surface area contributed by atoms with Gasteiger partial charge in [-0.05, 0) is 56.9 Å². The van der Waals surface area contributed by atoms with Crippen molar-refractivity contribution in [3.05, 3.63) is 57.6 Å². The van der Waals surface area contributed by atoms with Crippen molar-refractivity contribution >= 4 is 11.8 Å². The number of hydrogen-bond acceptors (Lipinski definition) is 6. The van der Waals surface area contributed by atoms with E-state index in [1.165, 1.54) is 13.8 Å². The molecule has 1 aromatic carbocycles. The van der Waals surface area contributed by atoms with Gasteiger partial charge in [0.1, 0.15) is 17.4 Å².